The number of hydrogen-bond acceptors (Lipinski definition) is 4. The lowest BCUT2D eigenvalue weighted by Crippen LogP contribution is -2.21. The molecule has 0 aliphatic carbocycles. The van der Waals surface area contributed by atoms with Gasteiger partial charge in [-0.3, -0.25) is 13.8 Å². The maximum Gasteiger partial charge on any atom is 0.300 e. The summed E-state index contributed by atoms with van der Waals surface area (Å²) in [4.78, 5) is 12.9. The molecule has 142 valence electrons. The molecule has 5 nitrogen and oxygen atoms in total. The van der Waals surface area contributed by atoms with Crippen LogP contribution in [-0.2, 0) is 5.75 Å². The van der Waals surface area contributed by atoms with Crippen molar-refractivity contribution in [3.63, 3.8) is 0 Å². The van der Waals surface area contributed by atoms with Crippen molar-refractivity contribution in [3.8, 4) is 5.69 Å². The van der Waals surface area contributed by atoms with Crippen LogP contribution in [0, 0.1) is 12.7 Å². The van der Waals surface area contributed by atoms with Gasteiger partial charge >= 0.3 is 5.56 Å². The van der Waals surface area contributed by atoms with Crippen LogP contribution < -0.4 is 5.56 Å². The molecule has 0 aliphatic rings. The zero-order chi connectivity index (χ0) is 19.8. The van der Waals surface area contributed by atoms with E-state index in [1.54, 1.807) is 35.0 Å². The summed E-state index contributed by atoms with van der Waals surface area (Å²) < 4.78 is 16.3. The number of halogens is 3. The van der Waals surface area contributed by atoms with Crippen LogP contribution in [-0.4, -0.2) is 19.2 Å². The van der Waals surface area contributed by atoms with E-state index in [0.717, 1.165) is 11.1 Å². The van der Waals surface area contributed by atoms with Gasteiger partial charge in [0, 0.05) is 28.2 Å². The van der Waals surface area contributed by atoms with E-state index < -0.39 is 0 Å². The van der Waals surface area contributed by atoms with Crippen LogP contribution in [0.2, 0.25) is 10.0 Å². The van der Waals surface area contributed by atoms with E-state index in [0.29, 0.717) is 26.6 Å². The Labute approximate surface area is 173 Å². The van der Waals surface area contributed by atoms with Gasteiger partial charge in [0.25, 0.3) is 0 Å². The molecule has 28 heavy (non-hydrogen) atoms. The predicted octanol–water partition coefficient (Wildman–Crippen LogP) is 4.93. The molecule has 0 aliphatic heterocycles. The van der Waals surface area contributed by atoms with Crippen LogP contribution in [0.4, 0.5) is 4.39 Å². The van der Waals surface area contributed by atoms with Gasteiger partial charge in [-0.1, -0.05) is 47.1 Å². The van der Waals surface area contributed by atoms with Crippen LogP contribution >= 0.6 is 35.0 Å². The Kier molecular flexibility index (Phi) is 5.14. The summed E-state index contributed by atoms with van der Waals surface area (Å²) >= 11 is 13.5. The third-order valence-corrected chi connectivity index (χ3v) is 5.82. The van der Waals surface area contributed by atoms with Gasteiger partial charge < -0.3 is 0 Å². The standard InChI is InChI=1S/C19H13Cl2FN4OS/c1-11-2-4-13(20)8-16(11)25-6-7-26-17(18(25)27)23-24-19(26)28-10-12-3-5-14(22)9-15(12)21/h2-9H,10H2,1H3. The Bertz CT molecular complexity index is 1250. The molecule has 2 aromatic heterocycles. The van der Waals surface area contributed by atoms with Crippen molar-refractivity contribution in [1.29, 1.82) is 0 Å². The highest BCUT2D eigenvalue weighted by atomic mass is 35.5. The Morgan fingerprint density at radius 1 is 1.11 bits per heavy atom. The summed E-state index contributed by atoms with van der Waals surface area (Å²) in [7, 11) is 0. The summed E-state index contributed by atoms with van der Waals surface area (Å²) in [6.07, 6.45) is 3.39. The van der Waals surface area contributed by atoms with E-state index in [1.165, 1.54) is 28.5 Å². The number of nitrogens with zero attached hydrogens (tertiary/aromatic N) is 4. The van der Waals surface area contributed by atoms with Gasteiger partial charge in [0.05, 0.1) is 5.69 Å². The molecule has 2 heterocycles. The van der Waals surface area contributed by atoms with E-state index in [2.05, 4.69) is 10.2 Å². The first-order valence-electron chi connectivity index (χ1n) is 8.23. The van der Waals surface area contributed by atoms with Crippen LogP contribution in [0.5, 0.6) is 0 Å². The fourth-order valence-electron chi connectivity index (χ4n) is 2.78. The zero-order valence-corrected chi connectivity index (χ0v) is 16.9. The molecule has 9 heteroatoms. The number of hydrogen-bond donors (Lipinski definition) is 0. The van der Waals surface area contributed by atoms with Gasteiger partial charge in [-0.05, 0) is 42.3 Å². The van der Waals surface area contributed by atoms with Crippen molar-refractivity contribution < 1.29 is 4.39 Å². The first-order valence-corrected chi connectivity index (χ1v) is 9.98. The molecule has 4 aromatic rings. The molecule has 0 saturated carbocycles. The van der Waals surface area contributed by atoms with Gasteiger partial charge in [0.2, 0.25) is 5.65 Å². The lowest BCUT2D eigenvalue weighted by molar-refractivity contribution is 0.627. The Balaban J connectivity index is 1.69. The molecule has 0 spiro atoms. The van der Waals surface area contributed by atoms with Gasteiger partial charge in [-0.2, -0.15) is 0 Å². The maximum atomic E-state index is 13.2. The molecule has 4 rings (SSSR count). The van der Waals surface area contributed by atoms with Crippen molar-refractivity contribution in [2.24, 2.45) is 0 Å². The zero-order valence-electron chi connectivity index (χ0n) is 14.6. The van der Waals surface area contributed by atoms with E-state index in [4.69, 9.17) is 23.2 Å². The number of benzene rings is 2. The second-order valence-corrected chi connectivity index (χ2v) is 7.89. The predicted molar refractivity (Wildman–Crippen MR) is 109 cm³/mol. The molecule has 0 atom stereocenters. The molecular weight excluding hydrogens is 422 g/mol. The van der Waals surface area contributed by atoms with Gasteiger partial charge in [0.15, 0.2) is 5.16 Å². The SMILES string of the molecule is Cc1ccc(Cl)cc1-n1ccn2c(SCc3ccc(F)cc3Cl)nnc2c1=O. The number of aromatic nitrogens is 4. The molecule has 2 aromatic carbocycles. The van der Waals surface area contributed by atoms with E-state index in [-0.39, 0.29) is 17.0 Å². The van der Waals surface area contributed by atoms with Crippen LogP contribution in [0.25, 0.3) is 11.3 Å². The first-order chi connectivity index (χ1) is 13.4. The Morgan fingerprint density at radius 3 is 2.71 bits per heavy atom. The minimum absolute atomic E-state index is 0.203. The van der Waals surface area contributed by atoms with Crippen molar-refractivity contribution in [2.75, 3.05) is 0 Å². The fourth-order valence-corrected chi connectivity index (χ4v) is 4.18. The molecule has 0 radical (unpaired) electrons. The fraction of sp³-hybridized carbons (Fsp3) is 0.105. The maximum absolute atomic E-state index is 13.2. The number of rotatable bonds is 4. The molecule has 0 fully saturated rings. The average Bonchev–Trinajstić information content (AvgIpc) is 3.08. The summed E-state index contributed by atoms with van der Waals surface area (Å²) in [5.41, 5.74) is 2.28. The minimum Gasteiger partial charge on any atom is -0.279 e. The van der Waals surface area contributed by atoms with Crippen molar-refractivity contribution in [3.05, 3.63) is 86.1 Å². The Hall–Kier alpha value is -2.35. The lowest BCUT2D eigenvalue weighted by Gasteiger charge is -2.10. The lowest BCUT2D eigenvalue weighted by atomic mass is 10.2. The number of thioether (sulfide) groups is 1. The van der Waals surface area contributed by atoms with Gasteiger partial charge in [0.1, 0.15) is 5.82 Å². The third kappa shape index (κ3) is 3.53. The number of fused-ring (bicyclic) bond motifs is 1. The number of aryl methyl sites for hydroxylation is 1. The second-order valence-electron chi connectivity index (χ2n) is 6.10. The molecule has 0 unspecified atom stereocenters. The van der Waals surface area contributed by atoms with Crippen LogP contribution in [0.15, 0.2) is 58.7 Å². The van der Waals surface area contributed by atoms with Crippen molar-refractivity contribution in [2.45, 2.75) is 17.8 Å². The smallest absolute Gasteiger partial charge is 0.279 e. The minimum atomic E-state index is -0.386. The van der Waals surface area contributed by atoms with E-state index >= 15 is 0 Å². The average molecular weight is 435 g/mol. The molecule has 0 amide bonds. The van der Waals surface area contributed by atoms with Crippen molar-refractivity contribution in [1.82, 2.24) is 19.2 Å². The normalized spacial score (nSPS) is 11.3. The highest BCUT2D eigenvalue weighted by Crippen LogP contribution is 2.26. The molecule has 0 bridgehead atoms. The van der Waals surface area contributed by atoms with Gasteiger partial charge in [-0.25, -0.2) is 4.39 Å². The summed E-state index contributed by atoms with van der Waals surface area (Å²) in [6.45, 7) is 1.90. The molecule has 0 N–H and O–H groups in total. The largest absolute Gasteiger partial charge is 0.300 e. The first kappa shape index (κ1) is 19.0. The molecule has 0 saturated heterocycles. The summed E-state index contributed by atoms with van der Waals surface area (Å²) in [6, 6.07) is 9.61. The van der Waals surface area contributed by atoms with Crippen molar-refractivity contribution >= 4 is 40.6 Å². The third-order valence-electron chi connectivity index (χ3n) is 4.24. The van der Waals surface area contributed by atoms with E-state index in [9.17, 15) is 9.18 Å². The highest BCUT2D eigenvalue weighted by molar-refractivity contribution is 7.98. The highest BCUT2D eigenvalue weighted by Gasteiger charge is 2.14. The quantitative estimate of drug-likeness (QED) is 0.427. The van der Waals surface area contributed by atoms with Gasteiger partial charge in [-0.15, -0.1) is 10.2 Å². The Morgan fingerprint density at radius 2 is 1.93 bits per heavy atom. The monoisotopic (exact) mass is 434 g/mol. The summed E-state index contributed by atoms with van der Waals surface area (Å²) in [5, 5.41) is 9.58. The topological polar surface area (TPSA) is 52.2 Å². The molecular formula is C19H13Cl2FN4OS. The van der Waals surface area contributed by atoms with Crippen LogP contribution in [0.3, 0.4) is 0 Å². The second kappa shape index (κ2) is 7.58. The van der Waals surface area contributed by atoms with Crippen LogP contribution in [0.1, 0.15) is 11.1 Å². The summed E-state index contributed by atoms with van der Waals surface area (Å²) in [5.74, 6) is 0.0830. The van der Waals surface area contributed by atoms with E-state index in [1.807, 2.05) is 13.0 Å².